The van der Waals surface area contributed by atoms with Crippen LogP contribution in [0.4, 0.5) is 16.2 Å². The zero-order chi connectivity index (χ0) is 17.9. The van der Waals surface area contributed by atoms with Gasteiger partial charge in [-0.25, -0.2) is 4.79 Å². The molecule has 0 aliphatic carbocycles. The molecule has 24 heavy (non-hydrogen) atoms. The van der Waals surface area contributed by atoms with Gasteiger partial charge in [0, 0.05) is 24.3 Å². The summed E-state index contributed by atoms with van der Waals surface area (Å²) >= 11 is 0. The Morgan fingerprint density at radius 3 is 2.50 bits per heavy atom. The van der Waals surface area contributed by atoms with Gasteiger partial charge in [0.15, 0.2) is 0 Å². The van der Waals surface area contributed by atoms with Gasteiger partial charge in [-0.3, -0.25) is 4.79 Å². The van der Waals surface area contributed by atoms with Gasteiger partial charge in [-0.15, -0.1) is 0 Å². The van der Waals surface area contributed by atoms with Crippen molar-refractivity contribution in [1.82, 2.24) is 5.32 Å². The molecular weight excluding hydrogens is 302 g/mol. The Balaban J connectivity index is 2.59. The standard InChI is InChI=1S/C19H31N3O2/c1-5-8-9-15(6-2)13-20-19(24)22-17-12-16(11-10-14(17)4)21-18(23)7-3/h10-12,15H,5-9,13H2,1-4H3,(H,21,23)(H2,20,22,24). The van der Waals surface area contributed by atoms with Crippen LogP contribution in [-0.2, 0) is 4.79 Å². The predicted octanol–water partition coefficient (Wildman–Crippen LogP) is 4.68. The maximum Gasteiger partial charge on any atom is 0.319 e. The summed E-state index contributed by atoms with van der Waals surface area (Å²) in [6, 6.07) is 5.31. The number of anilines is 2. The molecule has 0 spiro atoms. The largest absolute Gasteiger partial charge is 0.338 e. The average Bonchev–Trinajstić information content (AvgIpc) is 2.58. The van der Waals surface area contributed by atoms with Crippen LogP contribution in [0.3, 0.4) is 0 Å². The summed E-state index contributed by atoms with van der Waals surface area (Å²) in [5, 5.41) is 8.63. The molecule has 0 fully saturated rings. The van der Waals surface area contributed by atoms with E-state index in [9.17, 15) is 9.59 Å². The zero-order valence-electron chi connectivity index (χ0n) is 15.4. The van der Waals surface area contributed by atoms with Crippen LogP contribution in [0.5, 0.6) is 0 Å². The molecule has 5 heteroatoms. The molecule has 0 aromatic heterocycles. The second-order valence-corrected chi connectivity index (χ2v) is 6.18. The summed E-state index contributed by atoms with van der Waals surface area (Å²) < 4.78 is 0. The lowest BCUT2D eigenvalue weighted by Crippen LogP contribution is -2.33. The van der Waals surface area contributed by atoms with Crippen molar-refractivity contribution in [2.45, 2.75) is 59.8 Å². The fraction of sp³-hybridized carbons (Fsp3) is 0.579. The van der Waals surface area contributed by atoms with Crippen LogP contribution in [0.2, 0.25) is 0 Å². The second-order valence-electron chi connectivity index (χ2n) is 6.18. The van der Waals surface area contributed by atoms with Crippen LogP contribution in [0.15, 0.2) is 18.2 Å². The van der Waals surface area contributed by atoms with E-state index in [0.29, 0.717) is 30.3 Å². The predicted molar refractivity (Wildman–Crippen MR) is 100 cm³/mol. The third-order valence-corrected chi connectivity index (χ3v) is 4.19. The van der Waals surface area contributed by atoms with Crippen molar-refractivity contribution in [3.63, 3.8) is 0 Å². The van der Waals surface area contributed by atoms with Crippen LogP contribution in [0.1, 0.15) is 58.4 Å². The Labute approximate surface area is 145 Å². The van der Waals surface area contributed by atoms with Crippen molar-refractivity contribution in [3.05, 3.63) is 23.8 Å². The molecule has 0 aliphatic rings. The summed E-state index contributed by atoms with van der Waals surface area (Å²) in [5.41, 5.74) is 2.36. The highest BCUT2D eigenvalue weighted by atomic mass is 16.2. The highest BCUT2D eigenvalue weighted by Crippen LogP contribution is 2.20. The van der Waals surface area contributed by atoms with E-state index in [2.05, 4.69) is 29.8 Å². The third kappa shape index (κ3) is 7.02. The highest BCUT2D eigenvalue weighted by Gasteiger charge is 2.10. The smallest absolute Gasteiger partial charge is 0.319 e. The summed E-state index contributed by atoms with van der Waals surface area (Å²) in [7, 11) is 0. The van der Waals surface area contributed by atoms with Gasteiger partial charge in [-0.2, -0.15) is 0 Å². The van der Waals surface area contributed by atoms with Gasteiger partial charge in [-0.1, -0.05) is 46.1 Å². The van der Waals surface area contributed by atoms with Crippen LogP contribution >= 0.6 is 0 Å². The van der Waals surface area contributed by atoms with Crippen molar-refractivity contribution >= 4 is 23.3 Å². The SMILES string of the molecule is CCCCC(CC)CNC(=O)Nc1cc(NC(=O)CC)ccc1C. The van der Waals surface area contributed by atoms with Crippen LogP contribution in [0, 0.1) is 12.8 Å². The van der Waals surface area contributed by atoms with E-state index in [1.54, 1.807) is 13.0 Å². The van der Waals surface area contributed by atoms with E-state index >= 15 is 0 Å². The van der Waals surface area contributed by atoms with Gasteiger partial charge in [0.05, 0.1) is 0 Å². The molecule has 3 amide bonds. The summed E-state index contributed by atoms with van der Waals surface area (Å²) in [5.74, 6) is 0.475. The Bertz CT molecular complexity index is 543. The Kier molecular flexibility index (Phi) is 8.90. The van der Waals surface area contributed by atoms with E-state index in [4.69, 9.17) is 0 Å². The topological polar surface area (TPSA) is 70.2 Å². The summed E-state index contributed by atoms with van der Waals surface area (Å²) in [6.45, 7) is 8.76. The molecule has 0 heterocycles. The van der Waals surface area contributed by atoms with Crippen LogP contribution in [0.25, 0.3) is 0 Å². The van der Waals surface area contributed by atoms with E-state index in [1.807, 2.05) is 19.1 Å². The molecule has 0 bridgehead atoms. The van der Waals surface area contributed by atoms with Gasteiger partial charge in [-0.05, 0) is 37.0 Å². The first-order valence-electron chi connectivity index (χ1n) is 8.95. The number of amides is 3. The fourth-order valence-electron chi connectivity index (χ4n) is 2.43. The fourth-order valence-corrected chi connectivity index (χ4v) is 2.43. The van der Waals surface area contributed by atoms with Crippen molar-refractivity contribution < 1.29 is 9.59 Å². The highest BCUT2D eigenvalue weighted by molar-refractivity contribution is 5.94. The molecule has 1 atom stereocenters. The van der Waals surface area contributed by atoms with Gasteiger partial charge in [0.25, 0.3) is 0 Å². The molecule has 0 aliphatic heterocycles. The maximum absolute atomic E-state index is 12.1. The molecule has 1 unspecified atom stereocenters. The number of rotatable bonds is 9. The van der Waals surface area contributed by atoms with Crippen LogP contribution in [-0.4, -0.2) is 18.5 Å². The molecular formula is C19H31N3O2. The van der Waals surface area contributed by atoms with Gasteiger partial charge in [0.1, 0.15) is 0 Å². The summed E-state index contributed by atoms with van der Waals surface area (Å²) in [4.78, 5) is 23.6. The number of nitrogens with one attached hydrogen (secondary N) is 3. The number of benzene rings is 1. The zero-order valence-corrected chi connectivity index (χ0v) is 15.4. The molecule has 1 aromatic carbocycles. The molecule has 0 saturated carbocycles. The van der Waals surface area contributed by atoms with E-state index < -0.39 is 0 Å². The minimum Gasteiger partial charge on any atom is -0.338 e. The van der Waals surface area contributed by atoms with Gasteiger partial charge >= 0.3 is 6.03 Å². The number of urea groups is 1. The Morgan fingerprint density at radius 1 is 1.12 bits per heavy atom. The maximum atomic E-state index is 12.1. The number of hydrogen-bond donors (Lipinski definition) is 3. The minimum atomic E-state index is -0.202. The number of hydrogen-bond acceptors (Lipinski definition) is 2. The molecule has 0 radical (unpaired) electrons. The summed E-state index contributed by atoms with van der Waals surface area (Å²) in [6.07, 6.45) is 5.01. The lowest BCUT2D eigenvalue weighted by molar-refractivity contribution is -0.115. The van der Waals surface area contributed by atoms with Crippen molar-refractivity contribution in [1.29, 1.82) is 0 Å². The molecule has 3 N–H and O–H groups in total. The first-order chi connectivity index (χ1) is 11.5. The number of carbonyl (C=O) groups is 2. The Hall–Kier alpha value is -2.04. The molecule has 1 rings (SSSR count). The van der Waals surface area contributed by atoms with Crippen LogP contribution < -0.4 is 16.0 Å². The minimum absolute atomic E-state index is 0.0454. The number of unbranched alkanes of at least 4 members (excludes halogenated alkanes) is 1. The number of aryl methyl sites for hydroxylation is 1. The quantitative estimate of drug-likeness (QED) is 0.614. The van der Waals surface area contributed by atoms with Crippen molar-refractivity contribution in [2.24, 2.45) is 5.92 Å². The molecule has 5 nitrogen and oxygen atoms in total. The van der Waals surface area contributed by atoms with Crippen molar-refractivity contribution in [2.75, 3.05) is 17.2 Å². The lowest BCUT2D eigenvalue weighted by Gasteiger charge is -2.16. The lowest BCUT2D eigenvalue weighted by atomic mass is 9.99. The number of carbonyl (C=O) groups excluding carboxylic acids is 2. The van der Waals surface area contributed by atoms with Gasteiger partial charge < -0.3 is 16.0 Å². The molecule has 1 aromatic rings. The van der Waals surface area contributed by atoms with Crippen molar-refractivity contribution in [3.8, 4) is 0 Å². The monoisotopic (exact) mass is 333 g/mol. The molecule has 0 saturated heterocycles. The third-order valence-electron chi connectivity index (χ3n) is 4.19. The van der Waals surface area contributed by atoms with E-state index in [0.717, 1.165) is 18.4 Å². The second kappa shape index (κ2) is 10.7. The first kappa shape index (κ1) is 20.0. The Morgan fingerprint density at radius 2 is 1.88 bits per heavy atom. The molecule has 134 valence electrons. The average molecular weight is 333 g/mol. The normalized spacial score (nSPS) is 11.7. The van der Waals surface area contributed by atoms with E-state index in [-0.39, 0.29) is 11.9 Å². The van der Waals surface area contributed by atoms with E-state index in [1.165, 1.54) is 12.8 Å². The first-order valence-corrected chi connectivity index (χ1v) is 8.95. The van der Waals surface area contributed by atoms with Gasteiger partial charge in [0.2, 0.25) is 5.91 Å².